The summed E-state index contributed by atoms with van der Waals surface area (Å²) in [6.07, 6.45) is 4.49. The Balaban J connectivity index is 2.29. The van der Waals surface area contributed by atoms with Crippen LogP contribution in [0.5, 0.6) is 0 Å². The molecular formula is C21H25NO3S. The summed E-state index contributed by atoms with van der Waals surface area (Å²) in [5.41, 5.74) is 1.22. The molecule has 2 rings (SSSR count). The van der Waals surface area contributed by atoms with E-state index in [9.17, 15) is 13.2 Å². The van der Waals surface area contributed by atoms with Gasteiger partial charge in [-0.25, -0.2) is 8.42 Å². The van der Waals surface area contributed by atoms with Crippen molar-refractivity contribution in [3.05, 3.63) is 71.8 Å². The number of carbonyl (C=O) groups is 1. The van der Waals surface area contributed by atoms with Crippen LogP contribution < -0.4 is 0 Å². The maximum absolute atomic E-state index is 13.1. The summed E-state index contributed by atoms with van der Waals surface area (Å²) in [5, 5.41) is 0. The second-order valence-corrected chi connectivity index (χ2v) is 8.97. The van der Waals surface area contributed by atoms with Crippen LogP contribution in [0.2, 0.25) is 0 Å². The van der Waals surface area contributed by atoms with Gasteiger partial charge in [-0.3, -0.25) is 0 Å². The molecule has 5 heteroatoms. The Morgan fingerprint density at radius 3 is 2.19 bits per heavy atom. The lowest BCUT2D eigenvalue weighted by Crippen LogP contribution is -2.39. The Labute approximate surface area is 156 Å². The molecule has 2 aromatic rings. The van der Waals surface area contributed by atoms with Gasteiger partial charge in [0.2, 0.25) is 10.0 Å². The normalized spacial score (nSPS) is 12.6. The fraction of sp³-hybridized carbons (Fsp3) is 0.286. The standard InChI is InChI=1S/C21H25NO3S/c1-18-11-13-20(14-12-18)26(24,25)22(16-21(2,3)17-23)15-7-10-19-8-5-4-6-9-19/h4-14,17H,15-16H2,1-3H3/b10-7+. The summed E-state index contributed by atoms with van der Waals surface area (Å²) in [7, 11) is -3.69. The van der Waals surface area contributed by atoms with Crippen molar-refractivity contribution in [2.45, 2.75) is 25.7 Å². The largest absolute Gasteiger partial charge is 0.303 e. The number of carbonyl (C=O) groups excluding carboxylic acids is 1. The number of nitrogens with zero attached hydrogens (tertiary/aromatic N) is 1. The van der Waals surface area contributed by atoms with Crippen LogP contribution in [0.4, 0.5) is 0 Å². The van der Waals surface area contributed by atoms with Gasteiger partial charge < -0.3 is 4.79 Å². The van der Waals surface area contributed by atoms with Gasteiger partial charge in [0.15, 0.2) is 0 Å². The molecule has 0 amide bonds. The number of aldehydes is 1. The summed E-state index contributed by atoms with van der Waals surface area (Å²) >= 11 is 0. The Bertz CT molecular complexity index is 854. The minimum atomic E-state index is -3.69. The van der Waals surface area contributed by atoms with Crippen molar-refractivity contribution in [1.29, 1.82) is 0 Å². The minimum Gasteiger partial charge on any atom is -0.303 e. The highest BCUT2D eigenvalue weighted by molar-refractivity contribution is 7.89. The van der Waals surface area contributed by atoms with E-state index in [0.717, 1.165) is 17.4 Å². The second-order valence-electron chi connectivity index (χ2n) is 7.03. The molecule has 0 spiro atoms. The number of benzene rings is 2. The molecule has 4 nitrogen and oxygen atoms in total. The molecule has 2 aromatic carbocycles. The van der Waals surface area contributed by atoms with E-state index in [1.54, 1.807) is 38.1 Å². The molecule has 0 unspecified atom stereocenters. The van der Waals surface area contributed by atoms with Crippen molar-refractivity contribution in [2.24, 2.45) is 5.41 Å². The van der Waals surface area contributed by atoms with Crippen molar-refractivity contribution in [1.82, 2.24) is 4.31 Å². The van der Waals surface area contributed by atoms with Crippen molar-refractivity contribution in [3.8, 4) is 0 Å². The SMILES string of the molecule is Cc1ccc(S(=O)(=O)N(C/C=C/c2ccccc2)CC(C)(C)C=O)cc1. The van der Waals surface area contributed by atoms with Gasteiger partial charge in [0.25, 0.3) is 0 Å². The summed E-state index contributed by atoms with van der Waals surface area (Å²) in [6, 6.07) is 16.4. The van der Waals surface area contributed by atoms with Gasteiger partial charge in [-0.15, -0.1) is 0 Å². The second kappa shape index (κ2) is 8.43. The highest BCUT2D eigenvalue weighted by Crippen LogP contribution is 2.22. The molecule has 0 aliphatic carbocycles. The van der Waals surface area contributed by atoms with E-state index < -0.39 is 15.4 Å². The molecule has 0 saturated carbocycles. The fourth-order valence-corrected chi connectivity index (χ4v) is 4.03. The van der Waals surface area contributed by atoms with Gasteiger partial charge in [-0.1, -0.05) is 74.0 Å². The van der Waals surface area contributed by atoms with E-state index in [0.29, 0.717) is 0 Å². The maximum atomic E-state index is 13.1. The molecule has 0 fully saturated rings. The van der Waals surface area contributed by atoms with Crippen molar-refractivity contribution in [2.75, 3.05) is 13.1 Å². The third kappa shape index (κ3) is 5.38. The third-order valence-corrected chi connectivity index (χ3v) is 5.81. The van der Waals surface area contributed by atoms with Gasteiger partial charge in [0.1, 0.15) is 6.29 Å². The average Bonchev–Trinajstić information content (AvgIpc) is 2.62. The molecular weight excluding hydrogens is 346 g/mol. The van der Waals surface area contributed by atoms with Gasteiger partial charge in [-0.2, -0.15) is 4.31 Å². The number of sulfonamides is 1. The first kappa shape index (κ1) is 20.1. The van der Waals surface area contributed by atoms with Crippen molar-refractivity contribution < 1.29 is 13.2 Å². The summed E-state index contributed by atoms with van der Waals surface area (Å²) in [6.45, 7) is 5.69. The first-order chi connectivity index (χ1) is 12.2. The molecule has 0 aliphatic rings. The topological polar surface area (TPSA) is 54.5 Å². The lowest BCUT2D eigenvalue weighted by molar-refractivity contribution is -0.115. The van der Waals surface area contributed by atoms with Crippen LogP contribution in [0.25, 0.3) is 6.08 Å². The van der Waals surface area contributed by atoms with Crippen LogP contribution in [-0.4, -0.2) is 32.1 Å². The van der Waals surface area contributed by atoms with Gasteiger partial charge in [-0.05, 0) is 24.6 Å². The first-order valence-electron chi connectivity index (χ1n) is 8.49. The Morgan fingerprint density at radius 1 is 1.00 bits per heavy atom. The molecule has 26 heavy (non-hydrogen) atoms. The highest BCUT2D eigenvalue weighted by Gasteiger charge is 2.29. The van der Waals surface area contributed by atoms with Crippen LogP contribution in [0.15, 0.2) is 65.6 Å². The number of hydrogen-bond acceptors (Lipinski definition) is 3. The van der Waals surface area contributed by atoms with E-state index >= 15 is 0 Å². The quantitative estimate of drug-likeness (QED) is 0.661. The Morgan fingerprint density at radius 2 is 1.62 bits per heavy atom. The zero-order valence-electron chi connectivity index (χ0n) is 15.4. The monoisotopic (exact) mass is 371 g/mol. The van der Waals surface area contributed by atoms with Gasteiger partial charge in [0, 0.05) is 18.5 Å². The molecule has 0 heterocycles. The zero-order chi connectivity index (χ0) is 19.2. The van der Waals surface area contributed by atoms with Gasteiger partial charge >= 0.3 is 0 Å². The van der Waals surface area contributed by atoms with Crippen LogP contribution in [0.1, 0.15) is 25.0 Å². The zero-order valence-corrected chi connectivity index (χ0v) is 16.2. The smallest absolute Gasteiger partial charge is 0.243 e. The molecule has 0 saturated heterocycles. The molecule has 0 atom stereocenters. The van der Waals surface area contributed by atoms with E-state index in [1.807, 2.05) is 49.4 Å². The molecule has 0 aliphatic heterocycles. The van der Waals surface area contributed by atoms with E-state index in [2.05, 4.69) is 0 Å². The summed E-state index contributed by atoms with van der Waals surface area (Å²) in [5.74, 6) is 0. The molecule has 0 N–H and O–H groups in total. The number of hydrogen-bond donors (Lipinski definition) is 0. The average molecular weight is 372 g/mol. The molecule has 0 aromatic heterocycles. The van der Waals surface area contributed by atoms with Gasteiger partial charge in [0.05, 0.1) is 4.90 Å². The van der Waals surface area contributed by atoms with Crippen LogP contribution in [0, 0.1) is 12.3 Å². The van der Waals surface area contributed by atoms with Crippen molar-refractivity contribution in [3.63, 3.8) is 0 Å². The molecule has 0 radical (unpaired) electrons. The number of aryl methyl sites for hydroxylation is 1. The van der Waals surface area contributed by atoms with Crippen LogP contribution in [-0.2, 0) is 14.8 Å². The number of rotatable bonds is 8. The fourth-order valence-electron chi connectivity index (χ4n) is 2.47. The van der Waals surface area contributed by atoms with E-state index in [4.69, 9.17) is 0 Å². The van der Waals surface area contributed by atoms with Crippen LogP contribution in [0.3, 0.4) is 0 Å². The Kier molecular flexibility index (Phi) is 6.51. The minimum absolute atomic E-state index is 0.117. The highest BCUT2D eigenvalue weighted by atomic mass is 32.2. The maximum Gasteiger partial charge on any atom is 0.243 e. The predicted octanol–water partition coefficient (Wildman–Crippen LogP) is 3.92. The van der Waals surface area contributed by atoms with Crippen molar-refractivity contribution >= 4 is 22.4 Å². The third-order valence-electron chi connectivity index (χ3n) is 3.98. The first-order valence-corrected chi connectivity index (χ1v) is 9.93. The molecule has 0 bridgehead atoms. The summed E-state index contributed by atoms with van der Waals surface area (Å²) in [4.78, 5) is 11.6. The predicted molar refractivity (Wildman–Crippen MR) is 105 cm³/mol. The Hall–Kier alpha value is -2.24. The lowest BCUT2D eigenvalue weighted by atomic mass is 9.96. The lowest BCUT2D eigenvalue weighted by Gasteiger charge is -2.27. The van der Waals surface area contributed by atoms with E-state index in [-0.39, 0.29) is 18.0 Å². The summed E-state index contributed by atoms with van der Waals surface area (Å²) < 4.78 is 27.5. The van der Waals surface area contributed by atoms with Crippen LogP contribution >= 0.6 is 0 Å². The molecule has 138 valence electrons. The van der Waals surface area contributed by atoms with E-state index in [1.165, 1.54) is 4.31 Å².